The Balaban J connectivity index is 1.97. The van der Waals surface area contributed by atoms with Crippen molar-refractivity contribution in [2.24, 2.45) is 5.73 Å². The molecule has 1 fully saturated rings. The maximum atomic E-state index is 10.7. The summed E-state index contributed by atoms with van der Waals surface area (Å²) in [4.78, 5) is 10.2. The molecule has 6 heteroatoms. The second-order valence-electron chi connectivity index (χ2n) is 4.65. The number of hydrogen-bond acceptors (Lipinski definition) is 5. The summed E-state index contributed by atoms with van der Waals surface area (Å²) in [6.45, 7) is 2.67. The molecule has 3 atom stereocenters. The Morgan fingerprint density at radius 1 is 1.53 bits per heavy atom. The highest BCUT2D eigenvalue weighted by Gasteiger charge is 2.41. The minimum Gasteiger partial charge on any atom is -0.487 e. The first-order valence-corrected chi connectivity index (χ1v) is 6.40. The maximum absolute atomic E-state index is 10.7. The van der Waals surface area contributed by atoms with Crippen molar-refractivity contribution in [3.8, 4) is 5.75 Å². The van der Waals surface area contributed by atoms with Gasteiger partial charge in [0, 0.05) is 25.1 Å². The predicted molar refractivity (Wildman–Crippen MR) is 70.1 cm³/mol. The van der Waals surface area contributed by atoms with Gasteiger partial charge in [0.05, 0.1) is 11.0 Å². The van der Waals surface area contributed by atoms with Crippen LogP contribution < -0.4 is 10.5 Å². The van der Waals surface area contributed by atoms with Crippen LogP contribution in [0.1, 0.15) is 19.8 Å². The van der Waals surface area contributed by atoms with E-state index in [0.29, 0.717) is 18.8 Å². The Bertz CT molecular complexity index is 452. The topological polar surface area (TPSA) is 87.6 Å². The highest BCUT2D eigenvalue weighted by atomic mass is 16.6. The normalized spacial score (nSPS) is 25.7. The molecule has 1 aromatic rings. The molecule has 1 saturated carbocycles. The molecule has 6 nitrogen and oxygen atoms in total. The van der Waals surface area contributed by atoms with Gasteiger partial charge in [-0.2, -0.15) is 0 Å². The van der Waals surface area contributed by atoms with E-state index in [1.54, 1.807) is 12.1 Å². The van der Waals surface area contributed by atoms with Crippen molar-refractivity contribution in [1.82, 2.24) is 0 Å². The van der Waals surface area contributed by atoms with Gasteiger partial charge in [0.2, 0.25) is 0 Å². The molecule has 1 aliphatic rings. The molecule has 1 aliphatic carbocycles. The predicted octanol–water partition coefficient (Wildman–Crippen LogP) is 1.87. The Labute approximate surface area is 111 Å². The largest absolute Gasteiger partial charge is 0.487 e. The zero-order valence-electron chi connectivity index (χ0n) is 10.8. The SMILES string of the molecule is CCCOC1C(N)CC1Oc1cccc([N+](=O)[O-])c1. The quantitative estimate of drug-likeness (QED) is 0.627. The molecular weight excluding hydrogens is 248 g/mol. The lowest BCUT2D eigenvalue weighted by Crippen LogP contribution is -2.59. The molecule has 1 aromatic carbocycles. The van der Waals surface area contributed by atoms with E-state index in [2.05, 4.69) is 0 Å². The molecule has 0 spiro atoms. The molecular formula is C13H18N2O4. The minimum atomic E-state index is -0.440. The van der Waals surface area contributed by atoms with Crippen molar-refractivity contribution < 1.29 is 14.4 Å². The van der Waals surface area contributed by atoms with Gasteiger partial charge in [0.1, 0.15) is 18.0 Å². The molecule has 0 aromatic heterocycles. The number of rotatable bonds is 6. The first-order valence-electron chi connectivity index (χ1n) is 6.40. The summed E-state index contributed by atoms with van der Waals surface area (Å²) >= 11 is 0. The van der Waals surface area contributed by atoms with Crippen LogP contribution in [-0.2, 0) is 4.74 Å². The molecule has 2 rings (SSSR count). The molecule has 19 heavy (non-hydrogen) atoms. The van der Waals surface area contributed by atoms with Crippen molar-refractivity contribution in [2.75, 3.05) is 6.61 Å². The lowest BCUT2D eigenvalue weighted by Gasteiger charge is -2.41. The average Bonchev–Trinajstić information content (AvgIpc) is 2.39. The molecule has 3 unspecified atom stereocenters. The summed E-state index contributed by atoms with van der Waals surface area (Å²) in [6.07, 6.45) is 1.38. The maximum Gasteiger partial charge on any atom is 0.273 e. The van der Waals surface area contributed by atoms with Gasteiger partial charge in [-0.25, -0.2) is 0 Å². The van der Waals surface area contributed by atoms with Gasteiger partial charge < -0.3 is 15.2 Å². The van der Waals surface area contributed by atoms with Gasteiger partial charge >= 0.3 is 0 Å². The molecule has 0 aliphatic heterocycles. The molecule has 0 amide bonds. The van der Waals surface area contributed by atoms with Crippen LogP contribution in [0.4, 0.5) is 5.69 Å². The van der Waals surface area contributed by atoms with Gasteiger partial charge in [-0.3, -0.25) is 10.1 Å². The lowest BCUT2D eigenvalue weighted by molar-refractivity contribution is -0.385. The number of nitro benzene ring substituents is 1. The van der Waals surface area contributed by atoms with Crippen molar-refractivity contribution in [3.05, 3.63) is 34.4 Å². The summed E-state index contributed by atoms with van der Waals surface area (Å²) < 4.78 is 11.3. The van der Waals surface area contributed by atoms with Crippen LogP contribution in [0.25, 0.3) is 0 Å². The summed E-state index contributed by atoms with van der Waals surface area (Å²) in [7, 11) is 0. The summed E-state index contributed by atoms with van der Waals surface area (Å²) in [6, 6.07) is 6.14. The van der Waals surface area contributed by atoms with E-state index in [0.717, 1.165) is 6.42 Å². The average molecular weight is 266 g/mol. The number of hydrogen-bond donors (Lipinski definition) is 1. The fourth-order valence-corrected chi connectivity index (χ4v) is 2.06. The summed E-state index contributed by atoms with van der Waals surface area (Å²) in [5, 5.41) is 10.7. The first-order chi connectivity index (χ1) is 9.11. The third-order valence-corrected chi connectivity index (χ3v) is 3.12. The monoisotopic (exact) mass is 266 g/mol. The van der Waals surface area contributed by atoms with Crippen LogP contribution in [0.15, 0.2) is 24.3 Å². The number of nitrogens with two attached hydrogens (primary N) is 1. The highest BCUT2D eigenvalue weighted by Crippen LogP contribution is 2.29. The molecule has 0 bridgehead atoms. The molecule has 0 saturated heterocycles. The van der Waals surface area contributed by atoms with E-state index in [1.165, 1.54) is 12.1 Å². The minimum absolute atomic E-state index is 0.0183. The van der Waals surface area contributed by atoms with Crippen molar-refractivity contribution >= 4 is 5.69 Å². The Kier molecular flexibility index (Phi) is 4.34. The van der Waals surface area contributed by atoms with Crippen LogP contribution in [0, 0.1) is 10.1 Å². The Morgan fingerprint density at radius 2 is 2.32 bits per heavy atom. The first kappa shape index (κ1) is 13.8. The fourth-order valence-electron chi connectivity index (χ4n) is 2.06. The van der Waals surface area contributed by atoms with Crippen LogP contribution in [0.5, 0.6) is 5.75 Å². The zero-order valence-corrected chi connectivity index (χ0v) is 10.8. The Morgan fingerprint density at radius 3 is 2.95 bits per heavy atom. The summed E-state index contributed by atoms with van der Waals surface area (Å²) in [5.74, 6) is 0.483. The fraction of sp³-hybridized carbons (Fsp3) is 0.538. The van der Waals surface area contributed by atoms with E-state index in [9.17, 15) is 10.1 Å². The van der Waals surface area contributed by atoms with Crippen molar-refractivity contribution in [2.45, 2.75) is 38.0 Å². The number of nitro groups is 1. The number of non-ortho nitro benzene ring substituents is 1. The molecule has 0 radical (unpaired) electrons. The van der Waals surface area contributed by atoms with E-state index in [-0.39, 0.29) is 23.9 Å². The number of ether oxygens (including phenoxy) is 2. The zero-order chi connectivity index (χ0) is 13.8. The molecule has 0 heterocycles. The van der Waals surface area contributed by atoms with Crippen molar-refractivity contribution in [3.63, 3.8) is 0 Å². The van der Waals surface area contributed by atoms with E-state index >= 15 is 0 Å². The van der Waals surface area contributed by atoms with Crippen LogP contribution in [0.2, 0.25) is 0 Å². The number of benzene rings is 1. The molecule has 104 valence electrons. The van der Waals surface area contributed by atoms with Crippen LogP contribution in [-0.4, -0.2) is 29.8 Å². The second kappa shape index (κ2) is 5.99. The summed E-state index contributed by atoms with van der Waals surface area (Å²) in [5.41, 5.74) is 5.89. The smallest absolute Gasteiger partial charge is 0.273 e. The van der Waals surface area contributed by atoms with Gasteiger partial charge in [-0.05, 0) is 12.5 Å². The van der Waals surface area contributed by atoms with Crippen LogP contribution >= 0.6 is 0 Å². The van der Waals surface area contributed by atoms with Crippen LogP contribution in [0.3, 0.4) is 0 Å². The second-order valence-corrected chi connectivity index (χ2v) is 4.65. The third-order valence-electron chi connectivity index (χ3n) is 3.12. The van der Waals surface area contributed by atoms with E-state index < -0.39 is 4.92 Å². The van der Waals surface area contributed by atoms with E-state index in [4.69, 9.17) is 15.2 Å². The highest BCUT2D eigenvalue weighted by molar-refractivity contribution is 5.38. The van der Waals surface area contributed by atoms with Gasteiger partial charge in [-0.1, -0.05) is 13.0 Å². The molecule has 2 N–H and O–H groups in total. The van der Waals surface area contributed by atoms with Crippen molar-refractivity contribution in [1.29, 1.82) is 0 Å². The van der Waals surface area contributed by atoms with Gasteiger partial charge in [-0.15, -0.1) is 0 Å². The lowest BCUT2D eigenvalue weighted by atomic mass is 9.86. The standard InChI is InChI=1S/C13H18N2O4/c1-2-6-18-13-11(14)8-12(13)19-10-5-3-4-9(7-10)15(16)17/h3-5,7,11-13H,2,6,8,14H2,1H3. The third kappa shape index (κ3) is 3.21. The van der Waals surface area contributed by atoms with E-state index in [1.807, 2.05) is 6.92 Å². The number of nitrogens with zero attached hydrogens (tertiary/aromatic N) is 1. The van der Waals surface area contributed by atoms with Gasteiger partial charge in [0.25, 0.3) is 5.69 Å². The Hall–Kier alpha value is -1.66. The van der Waals surface area contributed by atoms with Gasteiger partial charge in [0.15, 0.2) is 0 Å².